The van der Waals surface area contributed by atoms with Gasteiger partial charge >= 0.3 is 12.1 Å². The molecule has 0 aliphatic heterocycles. The summed E-state index contributed by atoms with van der Waals surface area (Å²) in [4.78, 5) is 36.8. The van der Waals surface area contributed by atoms with Crippen molar-refractivity contribution < 1.29 is 24.2 Å². The van der Waals surface area contributed by atoms with Crippen LogP contribution in [0.4, 0.5) is 4.79 Å². The van der Waals surface area contributed by atoms with Crippen molar-refractivity contribution in [2.75, 3.05) is 13.2 Å². The third-order valence-corrected chi connectivity index (χ3v) is 7.48. The number of ether oxygens (including phenoxy) is 1. The molecule has 0 saturated heterocycles. The number of carbonyl (C=O) groups is 3. The van der Waals surface area contributed by atoms with Crippen LogP contribution in [0.15, 0.2) is 48.5 Å². The average molecular weight is 481 g/mol. The number of carboxylic acid groups (broad SMARTS) is 1. The molecule has 0 spiro atoms. The van der Waals surface area contributed by atoms with Crippen molar-refractivity contribution in [3.63, 3.8) is 0 Å². The van der Waals surface area contributed by atoms with E-state index in [-0.39, 0.29) is 37.3 Å². The maximum Gasteiger partial charge on any atom is 0.407 e. The van der Waals surface area contributed by atoms with Crippen molar-refractivity contribution in [1.82, 2.24) is 10.6 Å². The molecule has 3 rings (SSSR count). The van der Waals surface area contributed by atoms with Gasteiger partial charge in [0.05, 0.1) is 11.0 Å². The third kappa shape index (κ3) is 5.66. The lowest BCUT2D eigenvalue weighted by molar-refractivity contribution is -0.139. The lowest BCUT2D eigenvalue weighted by Crippen LogP contribution is -2.60. The van der Waals surface area contributed by atoms with Gasteiger partial charge in [0.2, 0.25) is 5.91 Å². The summed E-state index contributed by atoms with van der Waals surface area (Å²) < 4.78 is 5.66. The molecule has 188 valence electrons. The highest BCUT2D eigenvalue weighted by Gasteiger charge is 2.44. The summed E-state index contributed by atoms with van der Waals surface area (Å²) in [6, 6.07) is 16.3. The first kappa shape index (κ1) is 26.3. The fourth-order valence-corrected chi connectivity index (χ4v) is 4.40. The molecule has 0 bridgehead atoms. The second kappa shape index (κ2) is 10.5. The summed E-state index contributed by atoms with van der Waals surface area (Å²) in [5.41, 5.74) is 2.68. The molecule has 2 aromatic rings. The number of hydrogen-bond donors (Lipinski definition) is 3. The topological polar surface area (TPSA) is 105 Å². The normalized spacial score (nSPS) is 14.0. The highest BCUT2D eigenvalue weighted by atomic mass is 16.5. The fraction of sp³-hybridized carbons (Fsp3) is 0.464. The van der Waals surface area contributed by atoms with Crippen LogP contribution in [0.1, 0.15) is 64.5 Å². The number of fused-ring (bicyclic) bond motifs is 3. The molecule has 0 heterocycles. The maximum atomic E-state index is 13.0. The number of carbonyl (C=O) groups excluding carboxylic acids is 2. The van der Waals surface area contributed by atoms with Crippen molar-refractivity contribution >= 4 is 18.0 Å². The minimum Gasteiger partial charge on any atom is -0.481 e. The number of alkyl carbamates (subject to hydrolysis) is 1. The van der Waals surface area contributed by atoms with Crippen LogP contribution in [0.25, 0.3) is 11.1 Å². The van der Waals surface area contributed by atoms with Crippen molar-refractivity contribution in [3.8, 4) is 11.1 Å². The second-order valence-electron chi connectivity index (χ2n) is 10.3. The van der Waals surface area contributed by atoms with Gasteiger partial charge in [-0.25, -0.2) is 4.79 Å². The smallest absolute Gasteiger partial charge is 0.407 e. The summed E-state index contributed by atoms with van der Waals surface area (Å²) >= 11 is 0. The van der Waals surface area contributed by atoms with Crippen LogP contribution in [0.3, 0.4) is 0 Å². The van der Waals surface area contributed by atoms with Crippen molar-refractivity contribution in [2.24, 2.45) is 11.3 Å². The van der Waals surface area contributed by atoms with Crippen molar-refractivity contribution in [3.05, 3.63) is 59.7 Å². The van der Waals surface area contributed by atoms with E-state index in [2.05, 4.69) is 34.9 Å². The molecule has 7 heteroatoms. The van der Waals surface area contributed by atoms with Gasteiger partial charge in [0.15, 0.2) is 0 Å². The lowest BCUT2D eigenvalue weighted by Gasteiger charge is -2.40. The largest absolute Gasteiger partial charge is 0.481 e. The minimum atomic E-state index is -0.972. The van der Waals surface area contributed by atoms with E-state index in [1.165, 1.54) is 0 Å². The zero-order chi connectivity index (χ0) is 25.8. The molecule has 2 aromatic carbocycles. The number of rotatable bonds is 10. The second-order valence-corrected chi connectivity index (χ2v) is 10.3. The van der Waals surface area contributed by atoms with Crippen LogP contribution in [-0.4, -0.2) is 41.8 Å². The molecule has 0 radical (unpaired) electrons. The van der Waals surface area contributed by atoms with E-state index in [0.29, 0.717) is 6.42 Å². The molecule has 1 unspecified atom stereocenters. The Balaban J connectivity index is 1.62. The molecular formula is C28H36N2O5. The predicted octanol–water partition coefficient (Wildman–Crippen LogP) is 4.95. The molecule has 1 atom stereocenters. The van der Waals surface area contributed by atoms with Crippen LogP contribution in [-0.2, 0) is 14.3 Å². The summed E-state index contributed by atoms with van der Waals surface area (Å²) in [6.45, 7) is 9.43. The maximum absolute atomic E-state index is 13.0. The van der Waals surface area contributed by atoms with E-state index in [0.717, 1.165) is 22.3 Å². The minimum absolute atomic E-state index is 0.00139. The van der Waals surface area contributed by atoms with Gasteiger partial charge in [-0.2, -0.15) is 0 Å². The first-order valence-corrected chi connectivity index (χ1v) is 12.1. The number of benzene rings is 2. The Morgan fingerprint density at radius 3 is 2.03 bits per heavy atom. The Hall–Kier alpha value is -3.35. The van der Waals surface area contributed by atoms with Gasteiger partial charge in [0, 0.05) is 18.9 Å². The summed E-state index contributed by atoms with van der Waals surface area (Å²) in [5.74, 6) is -1.34. The van der Waals surface area contributed by atoms with E-state index in [1.54, 1.807) is 27.7 Å². The lowest BCUT2D eigenvalue weighted by atomic mass is 9.73. The molecule has 0 saturated carbocycles. The van der Waals surface area contributed by atoms with E-state index >= 15 is 0 Å². The average Bonchev–Trinajstić information content (AvgIpc) is 3.13. The molecule has 0 aromatic heterocycles. The molecule has 1 aliphatic carbocycles. The van der Waals surface area contributed by atoms with E-state index in [9.17, 15) is 14.4 Å². The zero-order valence-electron chi connectivity index (χ0n) is 21.2. The number of hydrogen-bond acceptors (Lipinski definition) is 4. The number of amides is 2. The summed E-state index contributed by atoms with van der Waals surface area (Å²) in [5, 5.41) is 14.8. The summed E-state index contributed by atoms with van der Waals surface area (Å²) in [6.07, 6.45) is 0.0579. The van der Waals surface area contributed by atoms with Gasteiger partial charge in [0.1, 0.15) is 6.61 Å². The van der Waals surface area contributed by atoms with Crippen LogP contribution in [0.2, 0.25) is 0 Å². The Morgan fingerprint density at radius 1 is 0.971 bits per heavy atom. The van der Waals surface area contributed by atoms with Gasteiger partial charge in [-0.05, 0) is 55.9 Å². The van der Waals surface area contributed by atoms with Gasteiger partial charge in [-0.1, -0.05) is 61.9 Å². The van der Waals surface area contributed by atoms with Gasteiger partial charge in [0.25, 0.3) is 0 Å². The molecule has 3 N–H and O–H groups in total. The van der Waals surface area contributed by atoms with Crippen LogP contribution in [0.5, 0.6) is 0 Å². The van der Waals surface area contributed by atoms with E-state index < -0.39 is 23.0 Å². The highest BCUT2D eigenvalue weighted by Crippen LogP contribution is 2.44. The monoisotopic (exact) mass is 480 g/mol. The van der Waals surface area contributed by atoms with E-state index in [4.69, 9.17) is 9.84 Å². The Labute approximate surface area is 207 Å². The first-order valence-electron chi connectivity index (χ1n) is 12.1. The summed E-state index contributed by atoms with van der Waals surface area (Å²) in [7, 11) is 0. The SMILES string of the molecule is CCC(CNC(=O)C(C)(C)C(C)(C)NC(=O)OCC1c2ccccc2-c2ccccc21)CC(=O)O. The van der Waals surface area contributed by atoms with Crippen molar-refractivity contribution in [1.29, 1.82) is 0 Å². The van der Waals surface area contributed by atoms with Crippen LogP contribution < -0.4 is 10.6 Å². The zero-order valence-corrected chi connectivity index (χ0v) is 21.2. The van der Waals surface area contributed by atoms with E-state index in [1.807, 2.05) is 31.2 Å². The van der Waals surface area contributed by atoms with Crippen molar-refractivity contribution in [2.45, 2.75) is 58.9 Å². The predicted molar refractivity (Wildman–Crippen MR) is 135 cm³/mol. The molecular weight excluding hydrogens is 444 g/mol. The fourth-order valence-electron chi connectivity index (χ4n) is 4.40. The standard InChI is InChI=1S/C28H36N2O5/c1-6-18(15-24(31)32)16-29-25(33)27(2,3)28(4,5)30-26(34)35-17-23-21-13-9-7-11-19(21)20-12-8-10-14-22(20)23/h7-14,18,23H,6,15-17H2,1-5H3,(H,29,33)(H,30,34)(H,31,32). The molecule has 0 fully saturated rings. The Morgan fingerprint density at radius 2 is 1.51 bits per heavy atom. The Kier molecular flexibility index (Phi) is 7.88. The molecule has 2 amide bonds. The van der Waals surface area contributed by atoms with Crippen LogP contribution >= 0.6 is 0 Å². The first-order chi connectivity index (χ1) is 16.5. The van der Waals surface area contributed by atoms with Gasteiger partial charge in [-0.15, -0.1) is 0 Å². The number of nitrogens with one attached hydrogen (secondary N) is 2. The highest BCUT2D eigenvalue weighted by molar-refractivity contribution is 5.84. The third-order valence-electron chi connectivity index (χ3n) is 7.48. The number of aliphatic carboxylic acids is 1. The quantitative estimate of drug-likeness (QED) is 0.446. The van der Waals surface area contributed by atoms with Gasteiger partial charge in [-0.3, -0.25) is 9.59 Å². The molecule has 35 heavy (non-hydrogen) atoms. The van der Waals surface area contributed by atoms with Gasteiger partial charge < -0.3 is 20.5 Å². The van der Waals surface area contributed by atoms with Crippen LogP contribution in [0, 0.1) is 11.3 Å². The Bertz CT molecular complexity index is 1050. The molecule has 7 nitrogen and oxygen atoms in total. The molecule has 1 aliphatic rings. The number of carboxylic acids is 1.